The van der Waals surface area contributed by atoms with Gasteiger partial charge in [0.05, 0.1) is 27.8 Å². The van der Waals surface area contributed by atoms with Crippen molar-refractivity contribution in [3.8, 4) is 56.3 Å². The second-order valence-electron chi connectivity index (χ2n) is 33.8. The molecule has 10 heteroatoms. The molecule has 0 saturated heterocycles. The van der Waals surface area contributed by atoms with Crippen molar-refractivity contribution in [2.24, 2.45) is 47.1 Å². The molecular formula is C104H123N10+5. The Kier molecular flexibility index (Phi) is 26.1. The smallest absolute Gasteiger partial charge is 0.231 e. The van der Waals surface area contributed by atoms with Crippen LogP contribution in [0.4, 0.5) is 0 Å². The zero-order chi connectivity index (χ0) is 82.6. The van der Waals surface area contributed by atoms with Crippen molar-refractivity contribution in [3.63, 3.8) is 0 Å². The normalized spacial score (nSPS) is 11.4. The maximum atomic E-state index is 4.85. The van der Waals surface area contributed by atoms with Crippen LogP contribution in [-0.4, -0.2) is 24.9 Å². The first-order valence-electron chi connectivity index (χ1n) is 40.9. The first-order valence-corrected chi connectivity index (χ1v) is 40.9. The molecule has 0 amide bonds. The highest BCUT2D eigenvalue weighted by atomic mass is 15.0. The average Bonchev–Trinajstić information content (AvgIpc) is 0.782. The molecule has 15 aromatic rings. The fourth-order valence-electron chi connectivity index (χ4n) is 16.4. The molecule has 0 saturated carbocycles. The molecule has 0 fully saturated rings. The summed E-state index contributed by atoms with van der Waals surface area (Å²) in [6.45, 7) is 50.5. The van der Waals surface area contributed by atoms with E-state index in [1.54, 1.807) is 0 Å². The van der Waals surface area contributed by atoms with Crippen molar-refractivity contribution < 1.29 is 22.8 Å². The minimum Gasteiger partial charge on any atom is -0.243 e. The summed E-state index contributed by atoms with van der Waals surface area (Å²) in [6.07, 6.45) is 12.2. The molecule has 0 atom stereocenters. The molecule has 0 spiro atoms. The molecule has 0 aliphatic carbocycles. The van der Waals surface area contributed by atoms with Crippen LogP contribution in [0.25, 0.3) is 111 Å². The predicted molar refractivity (Wildman–Crippen MR) is 478 cm³/mol. The molecule has 0 aliphatic rings. The van der Waals surface area contributed by atoms with E-state index in [-0.39, 0.29) is 0 Å². The summed E-state index contributed by atoms with van der Waals surface area (Å²) >= 11 is 0. The van der Waals surface area contributed by atoms with Crippen LogP contribution in [0.5, 0.6) is 0 Å². The average molecular weight is 1510 g/mol. The van der Waals surface area contributed by atoms with Gasteiger partial charge in [-0.2, -0.15) is 22.8 Å². The second-order valence-corrected chi connectivity index (χ2v) is 33.8. The van der Waals surface area contributed by atoms with E-state index < -0.39 is 0 Å². The largest absolute Gasteiger partial charge is 0.243 e. The SMILES string of the molecule is Cc1cc(C)c(C)c(-c2cnc3c(C(C)C)cccc3[n+]2C)c1.Cc1cc(C)c(C)c(-c2cnc3c(C(C)C)cccc3[n+]2C)c1.Cc1cc(C)c(C)c(-c2cnc3c(CC(C)C)cccc3[n+]2C)c1.Cc1cc(C)c(C)c(-c2cnc3c(CC(C)C)cccc3[n+]2C)c1.Cc1cc(C)c(C)c(-c2cnc3ccccc3[n+]2C)c1. The summed E-state index contributed by atoms with van der Waals surface area (Å²) < 4.78 is 11.3. The Morgan fingerprint density at radius 3 is 0.772 bits per heavy atom. The maximum Gasteiger partial charge on any atom is 0.231 e. The van der Waals surface area contributed by atoms with Gasteiger partial charge in [0.1, 0.15) is 93.8 Å². The lowest BCUT2D eigenvalue weighted by Crippen LogP contribution is -2.33. The highest BCUT2D eigenvalue weighted by molar-refractivity contribution is 5.82. The molecule has 0 radical (unpaired) electrons. The zero-order valence-corrected chi connectivity index (χ0v) is 73.6. The van der Waals surface area contributed by atoms with E-state index in [0.717, 1.165) is 51.6 Å². The Balaban J connectivity index is 0.000000141. The summed E-state index contributed by atoms with van der Waals surface area (Å²) in [7, 11) is 10.7. The lowest BCUT2D eigenvalue weighted by atomic mass is 9.97. The van der Waals surface area contributed by atoms with Gasteiger partial charge in [0, 0.05) is 30.3 Å². The molecule has 5 heterocycles. The summed E-state index contributed by atoms with van der Waals surface area (Å²) in [5, 5.41) is 0. The first-order chi connectivity index (χ1) is 54.1. The van der Waals surface area contributed by atoms with Crippen LogP contribution >= 0.6 is 0 Å². The van der Waals surface area contributed by atoms with Crippen molar-refractivity contribution in [1.29, 1.82) is 0 Å². The molecule has 10 aromatic carbocycles. The molecule has 0 aliphatic heterocycles. The number of fused-ring (bicyclic) bond motifs is 5. The number of benzene rings is 10. The minimum atomic E-state index is 0.472. The van der Waals surface area contributed by atoms with Crippen LogP contribution < -0.4 is 22.8 Å². The Hall–Kier alpha value is -11.1. The Bertz CT molecular complexity index is 5830. The van der Waals surface area contributed by atoms with Crippen LogP contribution in [0, 0.1) is 116 Å². The van der Waals surface area contributed by atoms with Crippen molar-refractivity contribution >= 4 is 55.2 Å². The quantitative estimate of drug-likeness (QED) is 0.121. The Labute approximate surface area is 680 Å². The van der Waals surface area contributed by atoms with Crippen molar-refractivity contribution in [2.75, 3.05) is 0 Å². The third-order valence-corrected chi connectivity index (χ3v) is 23.3. The van der Waals surface area contributed by atoms with Crippen LogP contribution in [0.1, 0.15) is 173 Å². The standard InChI is InChI=1S/2C22H27N2.2C21H25N2.C18H19N2/c2*1-14(2)10-18-8-7-9-20-22(18)23-13-21(24(20)6)19-12-15(3)11-16(4)17(19)5;2*1-13(2)17-8-7-9-19-21(17)22-12-20(23(19)6)18-11-14(3)10-15(4)16(18)5;1-12-9-13(2)14(3)15(10-12)18-11-19-16-7-5-6-8-17(16)20(18)4/h2*7-9,11-14H,10H2,1-6H3;2*7-13H,1-6H3;5-11H,1-4H3/q5*+1. The highest BCUT2D eigenvalue weighted by Crippen LogP contribution is 2.34. The molecule has 5 aromatic heterocycles. The van der Waals surface area contributed by atoms with Gasteiger partial charge in [0.15, 0.2) is 0 Å². The number of aromatic nitrogens is 10. The van der Waals surface area contributed by atoms with E-state index in [9.17, 15) is 0 Å². The number of hydrogen-bond donors (Lipinski definition) is 0. The molecule has 0 N–H and O–H groups in total. The van der Waals surface area contributed by atoms with Crippen LogP contribution in [0.2, 0.25) is 0 Å². The first kappa shape index (κ1) is 83.8. The van der Waals surface area contributed by atoms with Gasteiger partial charge in [-0.25, -0.2) is 24.9 Å². The lowest BCUT2D eigenvalue weighted by Gasteiger charge is -2.12. The van der Waals surface area contributed by atoms with Gasteiger partial charge in [0.25, 0.3) is 0 Å². The van der Waals surface area contributed by atoms with Gasteiger partial charge in [-0.15, -0.1) is 0 Å². The molecule has 0 bridgehead atoms. The Morgan fingerprint density at radius 1 is 0.254 bits per heavy atom. The van der Waals surface area contributed by atoms with Crippen LogP contribution in [0.15, 0.2) is 189 Å². The Morgan fingerprint density at radius 2 is 0.491 bits per heavy atom. The number of nitrogens with zero attached hydrogens (tertiary/aromatic N) is 10. The topological polar surface area (TPSA) is 83.8 Å². The van der Waals surface area contributed by atoms with Gasteiger partial charge < -0.3 is 0 Å². The molecule has 10 nitrogen and oxygen atoms in total. The van der Waals surface area contributed by atoms with Crippen molar-refractivity contribution in [2.45, 2.75) is 184 Å². The van der Waals surface area contributed by atoms with E-state index in [0.29, 0.717) is 23.7 Å². The van der Waals surface area contributed by atoms with E-state index >= 15 is 0 Å². The van der Waals surface area contributed by atoms with Crippen LogP contribution in [-0.2, 0) is 48.1 Å². The number of rotatable bonds is 11. The fraction of sp³-hybridized carbons (Fsp3) is 0.327. The van der Waals surface area contributed by atoms with Crippen molar-refractivity contribution in [3.05, 3.63) is 294 Å². The van der Waals surface area contributed by atoms with E-state index in [4.69, 9.17) is 19.9 Å². The summed E-state index contributed by atoms with van der Waals surface area (Å²) in [5.41, 5.74) is 48.7. The molecular weight excluding hydrogens is 1390 g/mol. The van der Waals surface area contributed by atoms with Crippen LogP contribution in [0.3, 0.4) is 0 Å². The molecule has 584 valence electrons. The zero-order valence-electron chi connectivity index (χ0n) is 73.6. The number of hydrogen-bond acceptors (Lipinski definition) is 5. The third kappa shape index (κ3) is 17.9. The maximum absolute atomic E-state index is 4.85. The minimum absolute atomic E-state index is 0.472. The van der Waals surface area contributed by atoms with Gasteiger partial charge in [0.2, 0.25) is 56.1 Å². The van der Waals surface area contributed by atoms with Gasteiger partial charge in [-0.3, -0.25) is 0 Å². The van der Waals surface area contributed by atoms with Crippen molar-refractivity contribution in [1.82, 2.24) is 24.9 Å². The molecule has 0 unspecified atom stereocenters. The number of aryl methyl sites for hydroxylation is 15. The summed E-state index contributed by atoms with van der Waals surface area (Å²) in [4.78, 5) is 23.9. The summed E-state index contributed by atoms with van der Waals surface area (Å²) in [6, 6.07) is 56.8. The molecule has 114 heavy (non-hydrogen) atoms. The predicted octanol–water partition coefficient (Wildman–Crippen LogP) is 22.9. The van der Waals surface area contributed by atoms with Gasteiger partial charge in [-0.1, -0.05) is 174 Å². The lowest BCUT2D eigenvalue weighted by molar-refractivity contribution is -0.634. The van der Waals surface area contributed by atoms with Gasteiger partial charge in [-0.05, 0) is 255 Å². The highest BCUT2D eigenvalue weighted by Gasteiger charge is 2.26. The number of para-hydroxylation sites is 6. The van der Waals surface area contributed by atoms with E-state index in [1.807, 2.05) is 43.1 Å². The second kappa shape index (κ2) is 35.5. The van der Waals surface area contributed by atoms with Gasteiger partial charge >= 0.3 is 0 Å². The summed E-state index contributed by atoms with van der Waals surface area (Å²) in [5.74, 6) is 2.20. The monoisotopic (exact) mass is 1510 g/mol. The van der Waals surface area contributed by atoms with E-state index in [2.05, 4.69) is 368 Å². The molecule has 15 rings (SSSR count). The van der Waals surface area contributed by atoms with E-state index in [1.165, 1.54) is 178 Å². The fourth-order valence-corrected chi connectivity index (χ4v) is 16.4. The third-order valence-electron chi connectivity index (χ3n) is 23.3.